The SMILES string of the molecule is O=C=Nc1c#ccc(C(F)(F)F)c1. The molecule has 0 atom stereocenters. The summed E-state index contributed by atoms with van der Waals surface area (Å²) in [7, 11) is 0. The summed E-state index contributed by atoms with van der Waals surface area (Å²) < 4.78 is 36.1. The molecule has 1 aromatic rings. The summed E-state index contributed by atoms with van der Waals surface area (Å²) in [5.41, 5.74) is -1.15. The molecule has 13 heavy (non-hydrogen) atoms. The Labute approximate surface area is 71.7 Å². The summed E-state index contributed by atoms with van der Waals surface area (Å²) >= 11 is 0. The van der Waals surface area contributed by atoms with Gasteiger partial charge in [0.2, 0.25) is 6.08 Å². The van der Waals surface area contributed by atoms with E-state index in [0.717, 1.165) is 12.1 Å². The van der Waals surface area contributed by atoms with Gasteiger partial charge in [-0.1, -0.05) is 6.07 Å². The van der Waals surface area contributed by atoms with E-state index >= 15 is 0 Å². The van der Waals surface area contributed by atoms with Crippen LogP contribution in [0, 0.1) is 12.1 Å². The standard InChI is InChI=1S/C8H2F3NO/c9-8(10,11)6-2-1-3-7(4-6)12-5-13/h2,4H. The van der Waals surface area contributed by atoms with E-state index in [2.05, 4.69) is 17.1 Å². The van der Waals surface area contributed by atoms with Crippen molar-refractivity contribution < 1.29 is 18.0 Å². The number of aliphatic imine (C=N–C) groups is 1. The molecule has 0 aliphatic carbocycles. The highest BCUT2D eigenvalue weighted by Gasteiger charge is 2.30. The van der Waals surface area contributed by atoms with Crippen LogP contribution in [0.3, 0.4) is 0 Å². The third-order valence-corrected chi connectivity index (χ3v) is 1.21. The van der Waals surface area contributed by atoms with Crippen LogP contribution in [0.4, 0.5) is 18.9 Å². The van der Waals surface area contributed by atoms with Gasteiger partial charge in [0.15, 0.2) is 0 Å². The molecule has 0 aliphatic rings. The predicted molar refractivity (Wildman–Crippen MR) is 36.9 cm³/mol. The van der Waals surface area contributed by atoms with E-state index in [-0.39, 0.29) is 5.69 Å². The lowest BCUT2D eigenvalue weighted by Gasteiger charge is -2.03. The molecule has 0 N–H and O–H groups in total. The molecule has 0 heterocycles. The van der Waals surface area contributed by atoms with Gasteiger partial charge in [-0.25, -0.2) is 4.79 Å². The second kappa shape index (κ2) is 3.30. The quantitative estimate of drug-likeness (QED) is 0.487. The maximum atomic E-state index is 12.0. The zero-order valence-electron chi connectivity index (χ0n) is 6.14. The lowest BCUT2D eigenvalue weighted by molar-refractivity contribution is -0.137. The number of isocyanates is 1. The van der Waals surface area contributed by atoms with Gasteiger partial charge in [0, 0.05) is 6.07 Å². The van der Waals surface area contributed by atoms with Crippen LogP contribution >= 0.6 is 0 Å². The van der Waals surface area contributed by atoms with E-state index < -0.39 is 11.7 Å². The first-order valence-corrected chi connectivity index (χ1v) is 3.12. The molecule has 0 saturated carbocycles. The molecule has 0 spiro atoms. The molecule has 0 amide bonds. The minimum Gasteiger partial charge on any atom is -0.211 e. The summed E-state index contributed by atoms with van der Waals surface area (Å²) in [5.74, 6) is 0. The Kier molecular flexibility index (Phi) is 2.36. The van der Waals surface area contributed by atoms with Gasteiger partial charge in [-0.2, -0.15) is 18.2 Å². The van der Waals surface area contributed by atoms with Crippen LogP contribution in [0.2, 0.25) is 0 Å². The molecule has 0 saturated heterocycles. The number of halogens is 3. The Morgan fingerprint density at radius 1 is 1.46 bits per heavy atom. The van der Waals surface area contributed by atoms with Crippen molar-refractivity contribution in [3.8, 4) is 0 Å². The first-order valence-electron chi connectivity index (χ1n) is 3.12. The zero-order valence-corrected chi connectivity index (χ0v) is 6.14. The predicted octanol–water partition coefficient (Wildman–Crippen LogP) is 2.27. The van der Waals surface area contributed by atoms with Gasteiger partial charge in [0.1, 0.15) is 5.69 Å². The Bertz CT molecular complexity index is 353. The lowest BCUT2D eigenvalue weighted by atomic mass is 10.2. The van der Waals surface area contributed by atoms with Crippen LogP contribution in [-0.4, -0.2) is 6.08 Å². The third-order valence-electron chi connectivity index (χ3n) is 1.21. The molecule has 2 nitrogen and oxygen atoms in total. The van der Waals surface area contributed by atoms with Gasteiger partial charge in [-0.3, -0.25) is 0 Å². The number of hydrogen-bond donors (Lipinski definition) is 0. The molecular weight excluding hydrogens is 183 g/mol. The largest absolute Gasteiger partial charge is 0.417 e. The summed E-state index contributed by atoms with van der Waals surface area (Å²) in [6, 6.07) is 5.75. The van der Waals surface area contributed by atoms with Gasteiger partial charge >= 0.3 is 6.18 Å². The van der Waals surface area contributed by atoms with Crippen LogP contribution in [0.1, 0.15) is 5.56 Å². The van der Waals surface area contributed by atoms with E-state index in [1.807, 2.05) is 0 Å². The maximum Gasteiger partial charge on any atom is 0.417 e. The Hall–Kier alpha value is -1.79. The monoisotopic (exact) mass is 185 g/mol. The second-order valence-corrected chi connectivity index (χ2v) is 2.10. The van der Waals surface area contributed by atoms with Crippen molar-refractivity contribution in [2.24, 2.45) is 4.99 Å². The van der Waals surface area contributed by atoms with E-state index in [0.29, 0.717) is 6.07 Å². The molecule has 0 unspecified atom stereocenters. The van der Waals surface area contributed by atoms with Crippen molar-refractivity contribution in [3.63, 3.8) is 0 Å². The van der Waals surface area contributed by atoms with Crippen molar-refractivity contribution in [3.05, 3.63) is 29.8 Å². The Balaban J connectivity index is 3.12. The van der Waals surface area contributed by atoms with Gasteiger partial charge in [0.25, 0.3) is 0 Å². The molecule has 1 aromatic carbocycles. The number of nitrogens with zero attached hydrogens (tertiary/aromatic N) is 1. The molecule has 5 heteroatoms. The van der Waals surface area contributed by atoms with Gasteiger partial charge in [0.05, 0.1) is 5.56 Å². The topological polar surface area (TPSA) is 29.4 Å². The van der Waals surface area contributed by atoms with Crippen LogP contribution in [-0.2, 0) is 11.0 Å². The van der Waals surface area contributed by atoms with Crippen molar-refractivity contribution in [2.75, 3.05) is 0 Å². The smallest absolute Gasteiger partial charge is 0.211 e. The van der Waals surface area contributed by atoms with E-state index in [1.54, 1.807) is 0 Å². The van der Waals surface area contributed by atoms with Gasteiger partial charge in [-0.15, -0.1) is 0 Å². The normalized spacial score (nSPS) is 10.1. The van der Waals surface area contributed by atoms with Gasteiger partial charge in [-0.05, 0) is 12.1 Å². The van der Waals surface area contributed by atoms with Crippen LogP contribution in [0.5, 0.6) is 0 Å². The van der Waals surface area contributed by atoms with Crippen molar-refractivity contribution in [2.45, 2.75) is 6.18 Å². The van der Waals surface area contributed by atoms with E-state index in [1.165, 1.54) is 0 Å². The fourth-order valence-corrected chi connectivity index (χ4v) is 0.686. The summed E-state index contributed by atoms with van der Waals surface area (Å²) in [6.45, 7) is 0. The van der Waals surface area contributed by atoms with Crippen LogP contribution < -0.4 is 0 Å². The molecular formula is C8H2F3NO. The molecule has 0 aromatic heterocycles. The Morgan fingerprint density at radius 3 is 2.69 bits per heavy atom. The molecule has 0 bridgehead atoms. The lowest BCUT2D eigenvalue weighted by Crippen LogP contribution is -2.03. The number of rotatable bonds is 1. The van der Waals surface area contributed by atoms with Crippen LogP contribution in [0.25, 0.3) is 0 Å². The average Bonchev–Trinajstić information content (AvgIpc) is 2.04. The summed E-state index contributed by atoms with van der Waals surface area (Å²) in [4.78, 5) is 12.7. The maximum absolute atomic E-state index is 12.0. The highest BCUT2D eigenvalue weighted by atomic mass is 19.4. The summed E-state index contributed by atoms with van der Waals surface area (Å²) in [5, 5.41) is 0. The van der Waals surface area contributed by atoms with Crippen molar-refractivity contribution in [1.82, 2.24) is 0 Å². The fourth-order valence-electron chi connectivity index (χ4n) is 0.686. The van der Waals surface area contributed by atoms with Gasteiger partial charge < -0.3 is 0 Å². The van der Waals surface area contributed by atoms with E-state index in [4.69, 9.17) is 0 Å². The molecule has 66 valence electrons. The highest BCUT2D eigenvalue weighted by molar-refractivity contribution is 5.47. The van der Waals surface area contributed by atoms with Crippen molar-refractivity contribution in [1.29, 1.82) is 0 Å². The zero-order chi connectivity index (χ0) is 9.90. The number of alkyl halides is 3. The molecule has 0 radical (unpaired) electrons. The molecule has 1 rings (SSSR count). The Morgan fingerprint density at radius 2 is 2.15 bits per heavy atom. The minimum atomic E-state index is -4.46. The second-order valence-electron chi connectivity index (χ2n) is 2.10. The van der Waals surface area contributed by atoms with Crippen molar-refractivity contribution >= 4 is 11.8 Å². The van der Waals surface area contributed by atoms with E-state index in [9.17, 15) is 18.0 Å². The summed E-state index contributed by atoms with van der Waals surface area (Å²) in [6.07, 6.45) is -3.34. The first-order chi connectivity index (χ1) is 6.04. The number of hydrogen-bond acceptors (Lipinski definition) is 2. The number of carbonyl (C=O) groups excluding carboxylic acids is 1. The highest BCUT2D eigenvalue weighted by Crippen LogP contribution is 2.29. The fraction of sp³-hybridized carbons (Fsp3) is 0.125. The average molecular weight is 185 g/mol. The first kappa shape index (κ1) is 9.30. The van der Waals surface area contributed by atoms with Crippen LogP contribution in [0.15, 0.2) is 17.1 Å². The molecule has 0 aliphatic heterocycles. The molecule has 0 fully saturated rings. The third kappa shape index (κ3) is 2.32. The minimum absolute atomic E-state index is 0.232.